The molecule has 14 heteroatoms. The zero-order valence-electron chi connectivity index (χ0n) is 43.1. The summed E-state index contributed by atoms with van der Waals surface area (Å²) < 4.78 is 0. The van der Waals surface area contributed by atoms with E-state index in [1.165, 1.54) is 57.8 Å². The van der Waals surface area contributed by atoms with E-state index in [0.717, 1.165) is 130 Å². The van der Waals surface area contributed by atoms with E-state index in [4.69, 9.17) is 40.9 Å². The first-order valence-corrected chi connectivity index (χ1v) is 25.4. The van der Waals surface area contributed by atoms with Crippen molar-refractivity contribution in [3.8, 4) is 0 Å². The monoisotopic (exact) mass is 989 g/mol. The minimum Gasteiger partial charge on any atom is -0.478 e. The van der Waals surface area contributed by atoms with Gasteiger partial charge in [-0.15, -0.1) is 0 Å². The molecule has 0 spiro atoms. The van der Waals surface area contributed by atoms with Gasteiger partial charge in [0.15, 0.2) is 0 Å². The van der Waals surface area contributed by atoms with Crippen LogP contribution in [-0.2, 0) is 28.8 Å². The predicted octanol–water partition coefficient (Wildman–Crippen LogP) is 12.9. The summed E-state index contributed by atoms with van der Waals surface area (Å²) in [6, 6.07) is 0. The molecule has 0 aromatic carbocycles. The van der Waals surface area contributed by atoms with E-state index >= 15 is 0 Å². The molecule has 8 N–H and O–H groups in total. The fraction of sp³-hybridized carbons (Fsp3) is 0.679. The molecule has 70 heavy (non-hydrogen) atoms. The Labute approximate surface area is 419 Å². The minimum absolute atomic E-state index is 0.176. The van der Waals surface area contributed by atoms with Gasteiger partial charge in [0.1, 0.15) is 0 Å². The average molecular weight is 989 g/mol. The first kappa shape index (κ1) is 67.3. The lowest BCUT2D eigenvalue weighted by Gasteiger charge is -2.35. The van der Waals surface area contributed by atoms with Crippen molar-refractivity contribution in [3.05, 3.63) is 72.9 Å². The van der Waals surface area contributed by atoms with E-state index in [0.29, 0.717) is 38.5 Å². The number of carbonyl (C=O) groups is 6. The normalized spacial score (nSPS) is 18.2. The first-order valence-electron chi connectivity index (χ1n) is 25.4. The van der Waals surface area contributed by atoms with Crippen LogP contribution >= 0.6 is 0 Å². The van der Waals surface area contributed by atoms with Crippen molar-refractivity contribution in [2.45, 2.75) is 212 Å². The second-order valence-electron chi connectivity index (χ2n) is 19.9. The quantitative estimate of drug-likeness (QED) is 0.0594. The molecule has 0 saturated heterocycles. The summed E-state index contributed by atoms with van der Waals surface area (Å²) >= 11 is 0. The molecule has 0 bridgehead atoms. The van der Waals surface area contributed by atoms with Crippen LogP contribution in [0.3, 0.4) is 0 Å². The SMILES string of the molecule is C=C(CC1(CC(=C)C(=O)O)CCCCCCCCC1)C(=O)O.C=C(CC1(CC(=C)C(=O)O)CCCCCCCCC1)C(=O)O.C=C(CC1(CC(=C)C(=O)O)CCCCCCCCC1)C(=O)O.CO.CO. The third-order valence-corrected chi connectivity index (χ3v) is 14.1. The van der Waals surface area contributed by atoms with Gasteiger partial charge >= 0.3 is 35.8 Å². The van der Waals surface area contributed by atoms with Gasteiger partial charge in [0.05, 0.1) is 0 Å². The van der Waals surface area contributed by atoms with Crippen molar-refractivity contribution >= 4 is 35.8 Å². The highest BCUT2D eigenvalue weighted by molar-refractivity contribution is 5.88. The molecule has 0 aliphatic heterocycles. The van der Waals surface area contributed by atoms with Crippen molar-refractivity contribution in [3.63, 3.8) is 0 Å². The number of aliphatic hydroxyl groups excluding tert-OH is 2. The van der Waals surface area contributed by atoms with E-state index < -0.39 is 35.8 Å². The molecule has 14 nitrogen and oxygen atoms in total. The van der Waals surface area contributed by atoms with Crippen LogP contribution in [0.15, 0.2) is 72.9 Å². The van der Waals surface area contributed by atoms with Crippen molar-refractivity contribution in [2.75, 3.05) is 14.2 Å². The van der Waals surface area contributed by atoms with Crippen LogP contribution in [0.1, 0.15) is 212 Å². The van der Waals surface area contributed by atoms with Crippen molar-refractivity contribution in [1.29, 1.82) is 0 Å². The topological polar surface area (TPSA) is 264 Å². The van der Waals surface area contributed by atoms with Crippen molar-refractivity contribution < 1.29 is 69.6 Å². The van der Waals surface area contributed by atoms with Crippen molar-refractivity contribution in [1.82, 2.24) is 0 Å². The molecule has 0 amide bonds. The molecule has 3 saturated carbocycles. The van der Waals surface area contributed by atoms with E-state index in [9.17, 15) is 28.8 Å². The number of hydrogen-bond donors (Lipinski definition) is 8. The summed E-state index contributed by atoms with van der Waals surface area (Å²) in [4.78, 5) is 67.0. The predicted molar refractivity (Wildman–Crippen MR) is 277 cm³/mol. The second kappa shape index (κ2) is 37.9. The lowest BCUT2D eigenvalue weighted by Crippen LogP contribution is -2.26. The summed E-state index contributed by atoms with van der Waals surface area (Å²) in [6.07, 6.45) is 31.1. The maximum atomic E-state index is 11.2. The Balaban J connectivity index is 0. The largest absolute Gasteiger partial charge is 0.478 e. The van der Waals surface area contributed by atoms with Gasteiger partial charge in [0.2, 0.25) is 0 Å². The third-order valence-electron chi connectivity index (χ3n) is 14.1. The number of aliphatic carboxylic acids is 6. The third kappa shape index (κ3) is 29.4. The fourth-order valence-corrected chi connectivity index (χ4v) is 10.4. The number of aliphatic hydroxyl groups is 2. The minimum atomic E-state index is -0.989. The molecule has 0 unspecified atom stereocenters. The summed E-state index contributed by atoms with van der Waals surface area (Å²) in [6.45, 7) is 22.0. The molecule has 3 aliphatic carbocycles. The highest BCUT2D eigenvalue weighted by atomic mass is 16.4. The van der Waals surface area contributed by atoms with Crippen LogP contribution in [0.25, 0.3) is 0 Å². The molecule has 0 atom stereocenters. The van der Waals surface area contributed by atoms with Crippen LogP contribution in [0.4, 0.5) is 0 Å². The zero-order chi connectivity index (χ0) is 53.8. The van der Waals surface area contributed by atoms with Crippen LogP contribution in [-0.4, -0.2) is 90.9 Å². The molecule has 400 valence electrons. The highest BCUT2D eigenvalue weighted by Gasteiger charge is 2.36. The van der Waals surface area contributed by atoms with E-state index in [1.807, 2.05) is 0 Å². The Hall–Kier alpha value is -4.82. The number of rotatable bonds is 18. The van der Waals surface area contributed by atoms with Gasteiger partial charge in [-0.1, -0.05) is 174 Å². The van der Waals surface area contributed by atoms with Crippen LogP contribution in [0.5, 0.6) is 0 Å². The lowest BCUT2D eigenvalue weighted by molar-refractivity contribution is -0.134. The molecule has 3 rings (SSSR count). The van der Waals surface area contributed by atoms with Crippen LogP contribution in [0.2, 0.25) is 0 Å². The maximum absolute atomic E-state index is 11.2. The Morgan fingerprint density at radius 3 is 0.457 bits per heavy atom. The molecular weight excluding hydrogens is 897 g/mol. The van der Waals surface area contributed by atoms with Crippen LogP contribution in [0, 0.1) is 16.2 Å². The van der Waals surface area contributed by atoms with Crippen molar-refractivity contribution in [2.24, 2.45) is 16.2 Å². The molecule has 0 aromatic rings. The molecule has 3 fully saturated rings. The molecule has 3 aliphatic rings. The summed E-state index contributed by atoms with van der Waals surface area (Å²) in [7, 11) is 2.00. The molecule has 0 heterocycles. The Morgan fingerprint density at radius 1 is 0.257 bits per heavy atom. The second-order valence-corrected chi connectivity index (χ2v) is 19.9. The smallest absolute Gasteiger partial charge is 0.330 e. The summed E-state index contributed by atoms with van der Waals surface area (Å²) in [5, 5.41) is 69.0. The van der Waals surface area contributed by atoms with E-state index in [1.54, 1.807) is 0 Å². The average Bonchev–Trinajstić information content (AvgIpc) is 3.31. The Bertz CT molecular complexity index is 1390. The lowest BCUT2D eigenvalue weighted by atomic mass is 9.69. The maximum Gasteiger partial charge on any atom is 0.330 e. The summed E-state index contributed by atoms with van der Waals surface area (Å²) in [5.74, 6) is -5.93. The fourth-order valence-electron chi connectivity index (χ4n) is 10.4. The highest BCUT2D eigenvalue weighted by Crippen LogP contribution is 2.46. The Kier molecular flexibility index (Phi) is 36.4. The van der Waals surface area contributed by atoms with Gasteiger partial charge in [-0.2, -0.15) is 0 Å². The Morgan fingerprint density at radius 2 is 0.357 bits per heavy atom. The first-order chi connectivity index (χ1) is 33.1. The van der Waals surface area contributed by atoms with Gasteiger partial charge in [-0.05, 0) is 93.3 Å². The van der Waals surface area contributed by atoms with Gasteiger partial charge in [-0.3, -0.25) is 0 Å². The van der Waals surface area contributed by atoms with Gasteiger partial charge in [0, 0.05) is 47.7 Å². The summed E-state index contributed by atoms with van der Waals surface area (Å²) in [5.41, 5.74) is 0.105. The molecule has 0 radical (unpaired) electrons. The van der Waals surface area contributed by atoms with E-state index in [-0.39, 0.29) is 49.7 Å². The van der Waals surface area contributed by atoms with Crippen LogP contribution < -0.4 is 0 Å². The standard InChI is InChI=1S/3C18H28O4.2CH4O/c3*1-14(16(19)20)12-18(13-15(2)17(21)22)10-8-6-4-3-5-7-9-11-18;2*1-2/h3*1-13H2,(H,19,20)(H,21,22);2*2H,1H3. The van der Waals surface area contributed by atoms with Gasteiger partial charge in [-0.25, -0.2) is 28.8 Å². The number of carboxylic acid groups (broad SMARTS) is 6. The molecular formula is C56H92O14. The number of hydrogen-bond acceptors (Lipinski definition) is 8. The van der Waals surface area contributed by atoms with E-state index in [2.05, 4.69) is 39.5 Å². The molecule has 0 aromatic heterocycles. The number of carboxylic acids is 6. The zero-order valence-corrected chi connectivity index (χ0v) is 43.1. The van der Waals surface area contributed by atoms with Gasteiger partial charge < -0.3 is 40.9 Å². The van der Waals surface area contributed by atoms with Gasteiger partial charge in [0.25, 0.3) is 0 Å².